The Morgan fingerprint density at radius 2 is 0.881 bits per heavy atom. The van der Waals surface area contributed by atoms with E-state index in [1.54, 1.807) is 48.5 Å². The van der Waals surface area contributed by atoms with Crippen LogP contribution in [0.25, 0.3) is 0 Å². The number of anilines is 2. The second kappa shape index (κ2) is 9.57. The Morgan fingerprint density at radius 1 is 0.500 bits per heavy atom. The van der Waals surface area contributed by atoms with Gasteiger partial charge in [0.05, 0.1) is 35.3 Å². The van der Waals surface area contributed by atoms with E-state index < -0.39 is 36.0 Å². The summed E-state index contributed by atoms with van der Waals surface area (Å²) in [5, 5.41) is 8.57. The zero-order valence-electron chi connectivity index (χ0n) is 21.5. The van der Waals surface area contributed by atoms with Crippen molar-refractivity contribution in [3.63, 3.8) is 0 Å². The van der Waals surface area contributed by atoms with Crippen molar-refractivity contribution in [3.8, 4) is 0 Å². The predicted octanol–water partition coefficient (Wildman–Crippen LogP) is 5.56. The molecule has 6 atom stereocenters. The van der Waals surface area contributed by atoms with Gasteiger partial charge in [0.25, 0.3) is 11.8 Å². The molecular formula is C30H20Cl2N4O4S2. The molecule has 210 valence electrons. The number of nitrogens with zero attached hydrogens (tertiary/aromatic N) is 4. The molecule has 0 unspecified atom stereocenters. The van der Waals surface area contributed by atoms with Gasteiger partial charge < -0.3 is 0 Å². The molecule has 0 radical (unpaired) electrons. The van der Waals surface area contributed by atoms with Crippen molar-refractivity contribution in [1.82, 2.24) is 10.0 Å². The van der Waals surface area contributed by atoms with Crippen molar-refractivity contribution in [1.29, 1.82) is 0 Å². The fourth-order valence-corrected chi connectivity index (χ4v) is 8.98. The van der Waals surface area contributed by atoms with Gasteiger partial charge in [0.1, 0.15) is 12.1 Å². The number of halogens is 2. The van der Waals surface area contributed by atoms with Gasteiger partial charge in [0, 0.05) is 19.8 Å². The minimum Gasteiger partial charge on any atom is -0.274 e. The summed E-state index contributed by atoms with van der Waals surface area (Å²) in [6, 6.07) is 17.8. The average molecular weight is 636 g/mol. The first-order chi connectivity index (χ1) is 20.4. The van der Waals surface area contributed by atoms with E-state index in [2.05, 4.69) is 0 Å². The Balaban J connectivity index is 1.30. The molecule has 0 spiro atoms. The minimum atomic E-state index is -0.887. The third kappa shape index (κ3) is 3.54. The molecule has 4 fully saturated rings. The molecule has 0 bridgehead atoms. The van der Waals surface area contributed by atoms with E-state index >= 15 is 0 Å². The lowest BCUT2D eigenvalue weighted by molar-refractivity contribution is -0.135. The monoisotopic (exact) mass is 634 g/mol. The first kappa shape index (κ1) is 26.3. The number of amides is 4. The Kier molecular flexibility index (Phi) is 5.98. The predicted molar refractivity (Wildman–Crippen MR) is 160 cm³/mol. The van der Waals surface area contributed by atoms with Crippen LogP contribution in [0.4, 0.5) is 11.4 Å². The molecule has 2 aromatic heterocycles. The zero-order valence-corrected chi connectivity index (χ0v) is 24.7. The quantitative estimate of drug-likeness (QED) is 0.273. The molecular weight excluding hydrogens is 615 g/mol. The first-order valence-electron chi connectivity index (χ1n) is 13.3. The van der Waals surface area contributed by atoms with E-state index in [0.717, 1.165) is 9.75 Å². The molecule has 4 saturated heterocycles. The van der Waals surface area contributed by atoms with Gasteiger partial charge in [-0.3, -0.25) is 19.2 Å². The van der Waals surface area contributed by atoms with Gasteiger partial charge in [-0.2, -0.15) is 0 Å². The van der Waals surface area contributed by atoms with Crippen molar-refractivity contribution in [2.24, 2.45) is 11.8 Å². The number of fused-ring (bicyclic) bond motifs is 5. The van der Waals surface area contributed by atoms with Crippen LogP contribution in [0.1, 0.15) is 21.8 Å². The van der Waals surface area contributed by atoms with E-state index in [1.807, 2.05) is 45.0 Å². The summed E-state index contributed by atoms with van der Waals surface area (Å²) in [5.74, 6) is -2.99. The molecule has 6 heterocycles. The fraction of sp³-hybridized carbons (Fsp3) is 0.200. The van der Waals surface area contributed by atoms with Gasteiger partial charge >= 0.3 is 0 Å². The van der Waals surface area contributed by atoms with Crippen molar-refractivity contribution < 1.29 is 19.2 Å². The molecule has 0 saturated carbocycles. The number of thiophene rings is 2. The highest BCUT2D eigenvalue weighted by molar-refractivity contribution is 7.10. The van der Waals surface area contributed by atoms with Crippen molar-refractivity contribution in [2.75, 3.05) is 9.80 Å². The molecule has 4 aliphatic rings. The second-order valence-corrected chi connectivity index (χ2v) is 13.4. The summed E-state index contributed by atoms with van der Waals surface area (Å²) in [7, 11) is 0. The van der Waals surface area contributed by atoms with Crippen LogP contribution in [-0.2, 0) is 19.2 Å². The van der Waals surface area contributed by atoms with Gasteiger partial charge in [0.15, 0.2) is 0 Å². The molecule has 42 heavy (non-hydrogen) atoms. The van der Waals surface area contributed by atoms with E-state index in [4.69, 9.17) is 23.2 Å². The highest BCUT2D eigenvalue weighted by Crippen LogP contribution is 2.60. The first-order valence-corrected chi connectivity index (χ1v) is 15.8. The van der Waals surface area contributed by atoms with Crippen LogP contribution < -0.4 is 9.80 Å². The molecule has 12 heteroatoms. The molecule has 4 amide bonds. The lowest BCUT2D eigenvalue weighted by Gasteiger charge is -2.35. The lowest BCUT2D eigenvalue weighted by atomic mass is 9.88. The zero-order chi connectivity index (χ0) is 28.9. The standard InChI is InChI=1S/C30H20Cl2N4O4S2/c31-15-5-9-17(10-6-15)33-27(37)21-23(19-3-1-13-41-19)35-26-22(24(20-4-2-14-42-20)36(35)25(21)29(33)39)28(38)34(30(26)40)18-11-7-16(32)8-12-18/h1-14,21-26H/t21-,22-,23-,24+,25+,26+/m0/s1. The molecule has 8 rings (SSSR count). The van der Waals surface area contributed by atoms with Gasteiger partial charge in [-0.15, -0.1) is 22.7 Å². The number of carbonyl (C=O) groups excluding carboxylic acids is 4. The molecule has 0 N–H and O–H groups in total. The number of carbonyl (C=O) groups is 4. The molecule has 8 nitrogen and oxygen atoms in total. The summed E-state index contributed by atoms with van der Waals surface area (Å²) < 4.78 is 0. The minimum absolute atomic E-state index is 0.340. The van der Waals surface area contributed by atoms with E-state index in [9.17, 15) is 19.2 Å². The summed E-state index contributed by atoms with van der Waals surface area (Å²) in [6.45, 7) is 0. The van der Waals surface area contributed by atoms with Crippen LogP contribution >= 0.6 is 45.9 Å². The maximum absolute atomic E-state index is 14.3. The number of hydrazine groups is 1. The Labute approximate surface area is 258 Å². The number of hydrogen-bond donors (Lipinski definition) is 0. The third-order valence-corrected chi connectivity index (χ3v) is 11.0. The Hall–Kier alpha value is -3.38. The van der Waals surface area contributed by atoms with Gasteiger partial charge in [-0.25, -0.2) is 19.8 Å². The van der Waals surface area contributed by atoms with E-state index in [0.29, 0.717) is 21.4 Å². The summed E-state index contributed by atoms with van der Waals surface area (Å²) in [6.07, 6.45) is 0. The normalized spacial score (nSPS) is 29.1. The van der Waals surface area contributed by atoms with E-state index in [-0.39, 0.29) is 23.6 Å². The van der Waals surface area contributed by atoms with Gasteiger partial charge in [-0.1, -0.05) is 35.3 Å². The third-order valence-electron chi connectivity index (χ3n) is 8.56. The SMILES string of the molecule is O=C1[C@@H]2[C@H](C(=O)N1c1ccc(Cl)cc1)N1[C@H](c3cccs3)[C@@H]3C(=O)N(c4ccc(Cl)cc4)C(=O)[C@@H]3N1[C@H]2c1cccs1. The average Bonchev–Trinajstić information content (AvgIpc) is 3.81. The van der Waals surface area contributed by atoms with Crippen LogP contribution in [-0.4, -0.2) is 45.7 Å². The summed E-state index contributed by atoms with van der Waals surface area (Å²) in [5.41, 5.74) is 0.877. The smallest absolute Gasteiger partial charge is 0.253 e. The topological polar surface area (TPSA) is 81.2 Å². The largest absolute Gasteiger partial charge is 0.274 e. The molecule has 0 aliphatic carbocycles. The maximum atomic E-state index is 14.3. The summed E-state index contributed by atoms with van der Waals surface area (Å²) >= 11 is 15.1. The van der Waals surface area contributed by atoms with Crippen LogP contribution in [0.5, 0.6) is 0 Å². The second-order valence-electron chi connectivity index (χ2n) is 10.6. The van der Waals surface area contributed by atoms with Crippen LogP contribution in [0.2, 0.25) is 10.0 Å². The van der Waals surface area contributed by atoms with Crippen LogP contribution in [0, 0.1) is 11.8 Å². The Bertz CT molecular complexity index is 1620. The number of rotatable bonds is 4. The summed E-state index contributed by atoms with van der Waals surface area (Å²) in [4.78, 5) is 61.1. The van der Waals surface area contributed by atoms with Gasteiger partial charge in [-0.05, 0) is 71.4 Å². The maximum Gasteiger partial charge on any atom is 0.253 e. The molecule has 4 aromatic rings. The molecule has 2 aromatic carbocycles. The number of hydrogen-bond acceptors (Lipinski definition) is 8. The van der Waals surface area contributed by atoms with E-state index in [1.165, 1.54) is 32.5 Å². The fourth-order valence-electron chi connectivity index (χ4n) is 7.00. The number of imide groups is 2. The van der Waals surface area contributed by atoms with Crippen molar-refractivity contribution in [2.45, 2.75) is 24.2 Å². The van der Waals surface area contributed by atoms with Crippen molar-refractivity contribution >= 4 is 80.9 Å². The Morgan fingerprint density at radius 3 is 1.21 bits per heavy atom. The molecule has 4 aliphatic heterocycles. The van der Waals surface area contributed by atoms with Crippen LogP contribution in [0.15, 0.2) is 83.6 Å². The highest BCUT2D eigenvalue weighted by atomic mass is 35.5. The lowest BCUT2D eigenvalue weighted by Crippen LogP contribution is -2.50. The van der Waals surface area contributed by atoms with Crippen LogP contribution in [0.3, 0.4) is 0 Å². The number of benzene rings is 2. The highest BCUT2D eigenvalue weighted by Gasteiger charge is 2.74. The van der Waals surface area contributed by atoms with Crippen molar-refractivity contribution in [3.05, 3.63) is 103 Å². The van der Waals surface area contributed by atoms with Gasteiger partial charge in [0.2, 0.25) is 11.8 Å².